The van der Waals surface area contributed by atoms with Crippen molar-refractivity contribution in [1.82, 2.24) is 0 Å². The SMILES string of the molecule is CC(=O)C(N)Cc1ccc(C(F)(F)F)cc1. The van der Waals surface area contributed by atoms with Crippen LogP contribution in [0.15, 0.2) is 24.3 Å². The lowest BCUT2D eigenvalue weighted by molar-refractivity contribution is -0.137. The van der Waals surface area contributed by atoms with Crippen LogP contribution in [-0.2, 0) is 17.4 Å². The molecule has 0 saturated carbocycles. The van der Waals surface area contributed by atoms with Crippen molar-refractivity contribution in [2.24, 2.45) is 5.73 Å². The quantitative estimate of drug-likeness (QED) is 0.866. The van der Waals surface area contributed by atoms with Gasteiger partial charge in [0.2, 0.25) is 0 Å². The minimum atomic E-state index is -4.33. The van der Waals surface area contributed by atoms with Crippen LogP contribution in [0.4, 0.5) is 13.2 Å². The molecule has 0 heterocycles. The van der Waals surface area contributed by atoms with Gasteiger partial charge in [0.15, 0.2) is 0 Å². The van der Waals surface area contributed by atoms with E-state index in [2.05, 4.69) is 0 Å². The Bertz CT molecular complexity index is 370. The van der Waals surface area contributed by atoms with Gasteiger partial charge in [-0.25, -0.2) is 0 Å². The lowest BCUT2D eigenvalue weighted by Crippen LogP contribution is -2.30. The molecule has 5 heteroatoms. The van der Waals surface area contributed by atoms with Gasteiger partial charge >= 0.3 is 6.18 Å². The molecule has 1 rings (SSSR count). The molecule has 1 aromatic carbocycles. The van der Waals surface area contributed by atoms with Gasteiger partial charge in [0.25, 0.3) is 0 Å². The molecule has 2 nitrogen and oxygen atoms in total. The number of carbonyl (C=O) groups is 1. The van der Waals surface area contributed by atoms with E-state index in [-0.39, 0.29) is 12.2 Å². The van der Waals surface area contributed by atoms with Crippen molar-refractivity contribution in [1.29, 1.82) is 0 Å². The highest BCUT2D eigenvalue weighted by Gasteiger charge is 2.29. The third-order valence-corrected chi connectivity index (χ3v) is 2.26. The molecule has 0 aromatic heterocycles. The van der Waals surface area contributed by atoms with Crippen LogP contribution < -0.4 is 5.73 Å². The molecule has 0 fully saturated rings. The van der Waals surface area contributed by atoms with Crippen LogP contribution in [0.1, 0.15) is 18.1 Å². The minimum absolute atomic E-state index is 0.181. The average molecular weight is 231 g/mol. The second-order valence-electron chi connectivity index (χ2n) is 3.62. The summed E-state index contributed by atoms with van der Waals surface area (Å²) in [5, 5.41) is 0. The summed E-state index contributed by atoms with van der Waals surface area (Å²) in [4.78, 5) is 10.9. The van der Waals surface area contributed by atoms with E-state index >= 15 is 0 Å². The molecule has 0 bridgehead atoms. The Balaban J connectivity index is 2.76. The van der Waals surface area contributed by atoms with Crippen LogP contribution in [0.25, 0.3) is 0 Å². The summed E-state index contributed by atoms with van der Waals surface area (Å²) in [6.07, 6.45) is -4.07. The topological polar surface area (TPSA) is 43.1 Å². The number of rotatable bonds is 3. The Labute approximate surface area is 91.3 Å². The third-order valence-electron chi connectivity index (χ3n) is 2.26. The molecular weight excluding hydrogens is 219 g/mol. The maximum Gasteiger partial charge on any atom is 0.416 e. The van der Waals surface area contributed by atoms with E-state index in [1.165, 1.54) is 19.1 Å². The smallest absolute Gasteiger partial charge is 0.321 e. The van der Waals surface area contributed by atoms with E-state index < -0.39 is 17.8 Å². The first-order chi connectivity index (χ1) is 7.30. The number of ketones is 1. The Kier molecular flexibility index (Phi) is 3.70. The van der Waals surface area contributed by atoms with E-state index in [9.17, 15) is 18.0 Å². The van der Waals surface area contributed by atoms with Gasteiger partial charge < -0.3 is 5.73 Å². The number of alkyl halides is 3. The summed E-state index contributed by atoms with van der Waals surface area (Å²) in [7, 11) is 0. The molecule has 0 radical (unpaired) electrons. The van der Waals surface area contributed by atoms with E-state index in [1.54, 1.807) is 0 Å². The number of Topliss-reactive ketones (excluding diaryl/α,β-unsaturated/α-hetero) is 1. The van der Waals surface area contributed by atoms with E-state index in [1.807, 2.05) is 0 Å². The van der Waals surface area contributed by atoms with Crippen LogP contribution >= 0.6 is 0 Å². The van der Waals surface area contributed by atoms with E-state index in [0.29, 0.717) is 5.56 Å². The number of carbonyl (C=O) groups excluding carboxylic acids is 1. The third kappa shape index (κ3) is 3.34. The zero-order valence-corrected chi connectivity index (χ0v) is 8.71. The molecule has 1 unspecified atom stereocenters. The molecular formula is C11H12F3NO. The first-order valence-electron chi connectivity index (χ1n) is 4.73. The lowest BCUT2D eigenvalue weighted by atomic mass is 10.0. The number of halogens is 3. The predicted molar refractivity (Wildman–Crippen MR) is 53.8 cm³/mol. The first-order valence-corrected chi connectivity index (χ1v) is 4.73. The number of benzene rings is 1. The highest BCUT2D eigenvalue weighted by molar-refractivity contribution is 5.81. The van der Waals surface area contributed by atoms with Crippen LogP contribution in [-0.4, -0.2) is 11.8 Å². The van der Waals surface area contributed by atoms with Gasteiger partial charge in [0.1, 0.15) is 5.78 Å². The second kappa shape index (κ2) is 4.65. The maximum absolute atomic E-state index is 12.2. The minimum Gasteiger partial charge on any atom is -0.321 e. The van der Waals surface area contributed by atoms with Gasteiger partial charge in [-0.3, -0.25) is 4.79 Å². The van der Waals surface area contributed by atoms with Gasteiger partial charge in [-0.2, -0.15) is 13.2 Å². The summed E-state index contributed by atoms with van der Waals surface area (Å²) < 4.78 is 36.7. The van der Waals surface area contributed by atoms with Gasteiger partial charge in [0.05, 0.1) is 11.6 Å². The van der Waals surface area contributed by atoms with Crippen LogP contribution in [0.3, 0.4) is 0 Å². The Hall–Kier alpha value is -1.36. The van der Waals surface area contributed by atoms with Crippen LogP contribution in [0, 0.1) is 0 Å². The average Bonchev–Trinajstić information content (AvgIpc) is 2.17. The molecule has 0 spiro atoms. The summed E-state index contributed by atoms with van der Waals surface area (Å²) >= 11 is 0. The predicted octanol–water partition coefficient (Wildman–Crippen LogP) is 2.16. The van der Waals surface area contributed by atoms with Crippen molar-refractivity contribution in [3.8, 4) is 0 Å². The van der Waals surface area contributed by atoms with Gasteiger partial charge in [-0.05, 0) is 31.0 Å². The highest BCUT2D eigenvalue weighted by atomic mass is 19.4. The molecule has 16 heavy (non-hydrogen) atoms. The molecule has 88 valence electrons. The van der Waals surface area contributed by atoms with Crippen LogP contribution in [0.2, 0.25) is 0 Å². The Morgan fingerprint density at radius 1 is 1.31 bits per heavy atom. The monoisotopic (exact) mass is 231 g/mol. The number of hydrogen-bond donors (Lipinski definition) is 1. The van der Waals surface area contributed by atoms with Crippen molar-refractivity contribution < 1.29 is 18.0 Å². The van der Waals surface area contributed by atoms with E-state index in [4.69, 9.17) is 5.73 Å². The van der Waals surface area contributed by atoms with Gasteiger partial charge in [-0.15, -0.1) is 0 Å². The van der Waals surface area contributed by atoms with Gasteiger partial charge in [0, 0.05) is 0 Å². The van der Waals surface area contributed by atoms with Crippen LogP contribution in [0.5, 0.6) is 0 Å². The molecule has 1 atom stereocenters. The molecule has 0 amide bonds. The summed E-state index contributed by atoms with van der Waals surface area (Å²) in [5.74, 6) is -0.181. The first kappa shape index (κ1) is 12.7. The van der Waals surface area contributed by atoms with Crippen molar-refractivity contribution in [3.63, 3.8) is 0 Å². The zero-order valence-electron chi connectivity index (χ0n) is 8.71. The van der Waals surface area contributed by atoms with Gasteiger partial charge in [-0.1, -0.05) is 12.1 Å². The van der Waals surface area contributed by atoms with Crippen molar-refractivity contribution >= 4 is 5.78 Å². The van der Waals surface area contributed by atoms with E-state index in [0.717, 1.165) is 12.1 Å². The highest BCUT2D eigenvalue weighted by Crippen LogP contribution is 2.29. The zero-order chi connectivity index (χ0) is 12.3. The molecule has 0 aliphatic carbocycles. The van der Waals surface area contributed by atoms with Crippen molar-refractivity contribution in [3.05, 3.63) is 35.4 Å². The summed E-state index contributed by atoms with van der Waals surface area (Å²) in [5.41, 5.74) is 5.42. The number of nitrogens with two attached hydrogens (primary N) is 1. The maximum atomic E-state index is 12.2. The molecule has 1 aromatic rings. The molecule has 0 saturated heterocycles. The standard InChI is InChI=1S/C11H12F3NO/c1-7(16)10(15)6-8-2-4-9(5-3-8)11(12,13)14/h2-5,10H,6,15H2,1H3. The second-order valence-corrected chi connectivity index (χ2v) is 3.62. The fourth-order valence-corrected chi connectivity index (χ4v) is 1.23. The van der Waals surface area contributed by atoms with Crippen molar-refractivity contribution in [2.45, 2.75) is 25.6 Å². The summed E-state index contributed by atoms with van der Waals surface area (Å²) in [6, 6.07) is 4.00. The molecule has 0 aliphatic heterocycles. The molecule has 0 aliphatic rings. The lowest BCUT2D eigenvalue weighted by Gasteiger charge is -2.10. The molecule has 2 N–H and O–H groups in total. The summed E-state index contributed by atoms with van der Waals surface area (Å²) in [6.45, 7) is 1.36. The fourth-order valence-electron chi connectivity index (χ4n) is 1.23. The fraction of sp³-hybridized carbons (Fsp3) is 0.364. The number of hydrogen-bond acceptors (Lipinski definition) is 2. The normalized spacial score (nSPS) is 13.6. The largest absolute Gasteiger partial charge is 0.416 e. The van der Waals surface area contributed by atoms with Crippen molar-refractivity contribution in [2.75, 3.05) is 0 Å². The Morgan fingerprint density at radius 2 is 1.81 bits per heavy atom. The Morgan fingerprint density at radius 3 is 2.19 bits per heavy atom.